The molecular formula is C13H22ClNO. The standard InChI is InChI=1S/C13H22ClNO/c1-10(9-14)12(16)15-7-5-11(6-8-15)13(2,3)4/h5,10H,6-9H2,1-4H3. The van der Waals surface area contributed by atoms with Crippen LogP contribution < -0.4 is 0 Å². The Morgan fingerprint density at radius 3 is 2.56 bits per heavy atom. The summed E-state index contributed by atoms with van der Waals surface area (Å²) in [6, 6.07) is 0. The molecule has 1 rings (SSSR count). The van der Waals surface area contributed by atoms with Gasteiger partial charge in [-0.05, 0) is 11.8 Å². The largest absolute Gasteiger partial charge is 0.338 e. The first-order valence-electron chi connectivity index (χ1n) is 5.90. The van der Waals surface area contributed by atoms with Crippen LogP contribution in [0.4, 0.5) is 0 Å². The number of rotatable bonds is 2. The first kappa shape index (κ1) is 13.6. The van der Waals surface area contributed by atoms with Gasteiger partial charge in [-0.2, -0.15) is 0 Å². The lowest BCUT2D eigenvalue weighted by molar-refractivity contribution is -0.134. The van der Waals surface area contributed by atoms with Gasteiger partial charge in [-0.25, -0.2) is 0 Å². The highest BCUT2D eigenvalue weighted by Crippen LogP contribution is 2.30. The molecule has 0 aromatic heterocycles. The van der Waals surface area contributed by atoms with E-state index in [-0.39, 0.29) is 17.2 Å². The Morgan fingerprint density at radius 1 is 1.56 bits per heavy atom. The second kappa shape index (κ2) is 5.22. The first-order valence-corrected chi connectivity index (χ1v) is 6.44. The van der Waals surface area contributed by atoms with Crippen LogP contribution in [0.15, 0.2) is 11.6 Å². The van der Waals surface area contributed by atoms with Crippen molar-refractivity contribution in [2.75, 3.05) is 19.0 Å². The maximum Gasteiger partial charge on any atom is 0.226 e. The molecular weight excluding hydrogens is 222 g/mol. The number of carbonyl (C=O) groups excluding carboxylic acids is 1. The molecule has 0 saturated carbocycles. The van der Waals surface area contributed by atoms with Crippen molar-refractivity contribution in [3.8, 4) is 0 Å². The van der Waals surface area contributed by atoms with E-state index in [0.29, 0.717) is 5.88 Å². The van der Waals surface area contributed by atoms with E-state index in [0.717, 1.165) is 19.5 Å². The summed E-state index contributed by atoms with van der Waals surface area (Å²) < 4.78 is 0. The second-order valence-corrected chi connectivity index (χ2v) is 5.88. The molecule has 0 N–H and O–H groups in total. The van der Waals surface area contributed by atoms with Gasteiger partial charge < -0.3 is 4.90 Å². The molecule has 0 bridgehead atoms. The molecule has 16 heavy (non-hydrogen) atoms. The lowest BCUT2D eigenvalue weighted by Crippen LogP contribution is -2.39. The van der Waals surface area contributed by atoms with E-state index in [1.165, 1.54) is 5.57 Å². The SMILES string of the molecule is CC(CCl)C(=O)N1CC=C(C(C)(C)C)CC1. The Kier molecular flexibility index (Phi) is 4.43. The van der Waals surface area contributed by atoms with Gasteiger partial charge in [-0.15, -0.1) is 11.6 Å². The molecule has 0 aromatic rings. The molecule has 1 heterocycles. The molecule has 1 aliphatic rings. The number of hydrogen-bond donors (Lipinski definition) is 0. The average molecular weight is 244 g/mol. The van der Waals surface area contributed by atoms with Crippen LogP contribution in [0, 0.1) is 11.3 Å². The summed E-state index contributed by atoms with van der Waals surface area (Å²) >= 11 is 5.70. The van der Waals surface area contributed by atoms with Crippen LogP contribution in [0.5, 0.6) is 0 Å². The molecule has 2 nitrogen and oxygen atoms in total. The third-order valence-electron chi connectivity index (χ3n) is 3.14. The zero-order chi connectivity index (χ0) is 12.3. The summed E-state index contributed by atoms with van der Waals surface area (Å²) in [7, 11) is 0. The van der Waals surface area contributed by atoms with Crippen LogP contribution in [-0.4, -0.2) is 29.8 Å². The van der Waals surface area contributed by atoms with Crippen molar-refractivity contribution in [2.45, 2.75) is 34.1 Å². The lowest BCUT2D eigenvalue weighted by Gasteiger charge is -2.33. The third-order valence-corrected chi connectivity index (χ3v) is 3.60. The van der Waals surface area contributed by atoms with E-state index < -0.39 is 0 Å². The van der Waals surface area contributed by atoms with Crippen LogP contribution in [0.3, 0.4) is 0 Å². The van der Waals surface area contributed by atoms with Gasteiger partial charge in [-0.1, -0.05) is 39.3 Å². The van der Waals surface area contributed by atoms with E-state index >= 15 is 0 Å². The summed E-state index contributed by atoms with van der Waals surface area (Å²) in [6.07, 6.45) is 3.19. The fourth-order valence-electron chi connectivity index (χ4n) is 1.93. The molecule has 0 fully saturated rings. The third kappa shape index (κ3) is 3.24. The molecule has 0 radical (unpaired) electrons. The smallest absolute Gasteiger partial charge is 0.226 e. The number of amides is 1. The minimum Gasteiger partial charge on any atom is -0.338 e. The molecule has 0 saturated heterocycles. The van der Waals surface area contributed by atoms with Crippen molar-refractivity contribution in [3.63, 3.8) is 0 Å². The zero-order valence-corrected chi connectivity index (χ0v) is 11.5. The van der Waals surface area contributed by atoms with Crippen LogP contribution >= 0.6 is 11.6 Å². The zero-order valence-electron chi connectivity index (χ0n) is 10.7. The predicted octanol–water partition coefficient (Wildman–Crippen LogP) is 3.07. The molecule has 0 aromatic carbocycles. The fraction of sp³-hybridized carbons (Fsp3) is 0.769. The summed E-state index contributed by atoms with van der Waals surface area (Å²) in [5.74, 6) is 0.524. The normalized spacial score (nSPS) is 19.3. The van der Waals surface area contributed by atoms with Crippen LogP contribution in [0.1, 0.15) is 34.1 Å². The monoisotopic (exact) mass is 243 g/mol. The summed E-state index contributed by atoms with van der Waals surface area (Å²) in [4.78, 5) is 13.8. The van der Waals surface area contributed by atoms with Gasteiger partial charge in [0.1, 0.15) is 0 Å². The Bertz CT molecular complexity index is 291. The van der Waals surface area contributed by atoms with Crippen LogP contribution in [0.25, 0.3) is 0 Å². The van der Waals surface area contributed by atoms with E-state index in [4.69, 9.17) is 11.6 Å². The van der Waals surface area contributed by atoms with Gasteiger partial charge in [0.2, 0.25) is 5.91 Å². The van der Waals surface area contributed by atoms with Crippen molar-refractivity contribution >= 4 is 17.5 Å². The summed E-state index contributed by atoms with van der Waals surface area (Å²) in [5, 5.41) is 0. The topological polar surface area (TPSA) is 20.3 Å². The molecule has 0 aliphatic carbocycles. The van der Waals surface area contributed by atoms with E-state index in [9.17, 15) is 4.79 Å². The van der Waals surface area contributed by atoms with Crippen molar-refractivity contribution in [3.05, 3.63) is 11.6 Å². The Morgan fingerprint density at radius 2 is 2.19 bits per heavy atom. The van der Waals surface area contributed by atoms with E-state index in [1.807, 2.05) is 11.8 Å². The van der Waals surface area contributed by atoms with Gasteiger partial charge >= 0.3 is 0 Å². The maximum absolute atomic E-state index is 11.9. The van der Waals surface area contributed by atoms with Crippen molar-refractivity contribution in [2.24, 2.45) is 11.3 Å². The molecule has 0 spiro atoms. The molecule has 92 valence electrons. The summed E-state index contributed by atoms with van der Waals surface area (Å²) in [5.41, 5.74) is 1.68. The summed E-state index contributed by atoms with van der Waals surface area (Å²) in [6.45, 7) is 10.1. The number of alkyl halides is 1. The average Bonchev–Trinajstić information content (AvgIpc) is 2.26. The van der Waals surface area contributed by atoms with Crippen molar-refractivity contribution in [1.82, 2.24) is 4.90 Å². The van der Waals surface area contributed by atoms with E-state index in [1.54, 1.807) is 0 Å². The second-order valence-electron chi connectivity index (χ2n) is 5.57. The number of halogens is 1. The Labute approximate surface area is 104 Å². The minimum absolute atomic E-state index is 0.0637. The maximum atomic E-state index is 11.9. The highest BCUT2D eigenvalue weighted by molar-refractivity contribution is 6.19. The number of carbonyl (C=O) groups is 1. The van der Waals surface area contributed by atoms with Crippen LogP contribution in [-0.2, 0) is 4.79 Å². The quantitative estimate of drug-likeness (QED) is 0.539. The molecule has 1 atom stereocenters. The van der Waals surface area contributed by atoms with Gasteiger partial charge in [0.25, 0.3) is 0 Å². The van der Waals surface area contributed by atoms with Gasteiger partial charge in [-0.3, -0.25) is 4.79 Å². The fourth-order valence-corrected chi connectivity index (χ4v) is 2.06. The highest BCUT2D eigenvalue weighted by atomic mass is 35.5. The minimum atomic E-state index is -0.0637. The number of hydrogen-bond acceptors (Lipinski definition) is 1. The van der Waals surface area contributed by atoms with Gasteiger partial charge in [0.05, 0.1) is 0 Å². The van der Waals surface area contributed by atoms with Gasteiger partial charge in [0.15, 0.2) is 0 Å². The molecule has 1 aliphatic heterocycles. The Balaban J connectivity index is 2.61. The van der Waals surface area contributed by atoms with Crippen molar-refractivity contribution in [1.29, 1.82) is 0 Å². The van der Waals surface area contributed by atoms with Gasteiger partial charge in [0, 0.05) is 24.9 Å². The van der Waals surface area contributed by atoms with Crippen molar-refractivity contribution < 1.29 is 4.79 Å². The number of nitrogens with zero attached hydrogens (tertiary/aromatic N) is 1. The Hall–Kier alpha value is -0.500. The first-order chi connectivity index (χ1) is 7.36. The molecule has 1 amide bonds. The predicted molar refractivity (Wildman–Crippen MR) is 68.6 cm³/mol. The molecule has 1 unspecified atom stereocenters. The molecule has 3 heteroatoms. The van der Waals surface area contributed by atoms with E-state index in [2.05, 4.69) is 26.8 Å². The van der Waals surface area contributed by atoms with Crippen LogP contribution in [0.2, 0.25) is 0 Å². The highest BCUT2D eigenvalue weighted by Gasteiger charge is 2.25. The lowest BCUT2D eigenvalue weighted by atomic mass is 9.83.